The van der Waals surface area contributed by atoms with Crippen molar-refractivity contribution in [3.63, 3.8) is 0 Å². The van der Waals surface area contributed by atoms with Gasteiger partial charge in [-0.2, -0.15) is 0 Å². The third kappa shape index (κ3) is 0.0784. The van der Waals surface area contributed by atoms with Crippen molar-refractivity contribution >= 4 is 10.1 Å². The van der Waals surface area contributed by atoms with E-state index in [-0.39, 0.29) is 0 Å². The second kappa shape index (κ2) is 0.615. The summed E-state index contributed by atoms with van der Waals surface area (Å²) < 4.78 is 30.1. The van der Waals surface area contributed by atoms with E-state index in [1.54, 1.807) is 6.92 Å². The molecule has 0 radical (unpaired) electrons. The third-order valence-corrected chi connectivity index (χ3v) is 60.3. The molecule has 0 amide bonds. The standard InChI is InChI=1S/C8H11O3S.C5H5.Fe/c1-2-11-12(9,10)7-8-5-3-4-6-8;1-2-4-5-3-1;/h3-6H,2,7H2,1H3;1-5H;. The van der Waals surface area contributed by atoms with Crippen LogP contribution in [0.2, 0.25) is 47.7 Å². The van der Waals surface area contributed by atoms with Gasteiger partial charge in [-0.3, -0.25) is 0 Å². The molecule has 100 valence electrons. The van der Waals surface area contributed by atoms with Crippen molar-refractivity contribution in [2.24, 2.45) is 0 Å². The maximum absolute atomic E-state index is 12.2. The Hall–Kier alpha value is 0.429. The second-order valence-corrected chi connectivity index (χ2v) is 36.3. The van der Waals surface area contributed by atoms with Crippen LogP contribution in [0.3, 0.4) is 0 Å². The Bertz CT molecular complexity index is 1020. The van der Waals surface area contributed by atoms with Gasteiger partial charge >= 0.3 is 96.2 Å². The molecule has 3 nitrogen and oxygen atoms in total. The van der Waals surface area contributed by atoms with Crippen LogP contribution in [0.1, 0.15) is 6.92 Å². The van der Waals surface area contributed by atoms with Crippen molar-refractivity contribution in [1.82, 2.24) is 0 Å². The molecule has 10 rings (SSSR count). The van der Waals surface area contributed by atoms with Gasteiger partial charge in [0.1, 0.15) is 0 Å². The summed E-state index contributed by atoms with van der Waals surface area (Å²) in [5, 5.41) is 0. The van der Waals surface area contributed by atoms with Crippen molar-refractivity contribution < 1.29 is 19.1 Å². The summed E-state index contributed by atoms with van der Waals surface area (Å²) in [6.07, 6.45) is 0. The molecule has 10 heterocycles. The Morgan fingerprint density at radius 1 is 1.00 bits per heavy atom. The molecular weight excluding hydrogens is 292 g/mol. The van der Waals surface area contributed by atoms with E-state index < -0.39 is 16.6 Å². The zero-order chi connectivity index (χ0) is 11.6. The molecular formula is C13H16FeO3S. The number of hydrogen-bond acceptors (Lipinski definition) is 3. The molecule has 0 aromatic rings. The van der Waals surface area contributed by atoms with E-state index in [4.69, 9.17) is 4.18 Å². The van der Waals surface area contributed by atoms with Crippen molar-refractivity contribution in [2.45, 2.75) is 54.6 Å². The van der Waals surface area contributed by atoms with Gasteiger partial charge in [0.25, 0.3) is 0 Å². The fourth-order valence-corrected chi connectivity index (χ4v) is 96.4. The van der Waals surface area contributed by atoms with Crippen LogP contribution in [0, 0.1) is 0 Å². The molecule has 1 spiro atoms. The number of rotatable bonds is 4. The normalized spacial score (nSPS) is 114. The van der Waals surface area contributed by atoms with Crippen LogP contribution in [0.15, 0.2) is 0 Å². The minimum absolute atomic E-state index is 0.329. The summed E-state index contributed by atoms with van der Waals surface area (Å²) in [6.45, 7) is -1.04. The summed E-state index contributed by atoms with van der Waals surface area (Å²) in [6, 6.07) is 0. The molecule has 4 atom stereocenters. The SMILES string of the molecule is CCOS(=O)(=O)C[C]12[CH]3[CH]4[CH]5[CH]1[Fe]45321678[CH]2[CH]1[CH]6[CH]7[CH]28. The molecule has 10 saturated heterocycles. The second-order valence-electron chi connectivity index (χ2n) is 10.9. The van der Waals surface area contributed by atoms with Gasteiger partial charge in [-0.15, -0.1) is 0 Å². The van der Waals surface area contributed by atoms with Gasteiger partial charge in [0.2, 0.25) is 0 Å². The summed E-state index contributed by atoms with van der Waals surface area (Å²) in [7, 11) is -3.22. The van der Waals surface area contributed by atoms with Gasteiger partial charge in [0.05, 0.1) is 0 Å². The van der Waals surface area contributed by atoms with E-state index in [9.17, 15) is 8.42 Å². The molecule has 10 aliphatic rings. The average molecular weight is 308 g/mol. The summed E-state index contributed by atoms with van der Waals surface area (Å²) in [4.78, 5) is 10.7. The molecule has 0 aromatic heterocycles. The van der Waals surface area contributed by atoms with Crippen LogP contribution in [0.25, 0.3) is 0 Å². The predicted molar refractivity (Wildman–Crippen MR) is 61.9 cm³/mol. The van der Waals surface area contributed by atoms with Crippen LogP contribution in [0.5, 0.6) is 0 Å². The van der Waals surface area contributed by atoms with Crippen LogP contribution >= 0.6 is 0 Å². The van der Waals surface area contributed by atoms with E-state index in [0.29, 0.717) is 16.7 Å². The maximum atomic E-state index is 12.2. The molecule has 4 unspecified atom stereocenters. The Kier molecular flexibility index (Phi) is 0.254. The summed E-state index contributed by atoms with van der Waals surface area (Å²) in [5.41, 5.74) is 0. The van der Waals surface area contributed by atoms with Crippen LogP contribution in [-0.4, -0.2) is 20.8 Å². The van der Waals surface area contributed by atoms with E-state index in [1.165, 1.54) is 33.7 Å². The Morgan fingerprint density at radius 3 is 1.78 bits per heavy atom. The molecule has 0 bridgehead atoms. The molecule has 5 heteroatoms. The monoisotopic (exact) mass is 308 g/mol. The topological polar surface area (TPSA) is 43.4 Å². The van der Waals surface area contributed by atoms with Crippen LogP contribution < -0.4 is 0 Å². The minimum atomic E-state index is -3.22. The summed E-state index contributed by atoms with van der Waals surface area (Å²) in [5.74, 6) is 0.487. The fraction of sp³-hybridized carbons (Fsp3) is 1.00. The van der Waals surface area contributed by atoms with Gasteiger partial charge in [-0.1, -0.05) is 0 Å². The average Bonchev–Trinajstić information content (AvgIpc) is 3.23. The van der Waals surface area contributed by atoms with Crippen LogP contribution in [0.4, 0.5) is 0 Å². The first-order valence-corrected chi connectivity index (χ1v) is 15.3. The van der Waals surface area contributed by atoms with Gasteiger partial charge < -0.3 is 0 Å². The first-order chi connectivity index (χ1) is 8.31. The zero-order valence-electron chi connectivity index (χ0n) is 10.1. The number of hydrogen-bond donors (Lipinski definition) is 0. The molecule has 18 heavy (non-hydrogen) atoms. The molecule has 0 aliphatic carbocycles. The Labute approximate surface area is 96.1 Å². The molecule has 0 aromatic carbocycles. The predicted octanol–water partition coefficient (Wildman–Crippen LogP) is 3.11. The summed E-state index contributed by atoms with van der Waals surface area (Å²) >= 11 is 0. The zero-order valence-corrected chi connectivity index (χ0v) is 12.0. The Morgan fingerprint density at radius 2 is 1.50 bits per heavy atom. The quantitative estimate of drug-likeness (QED) is 0.592. The molecule has 0 N–H and O–H groups in total. The van der Waals surface area contributed by atoms with Crippen molar-refractivity contribution in [3.05, 3.63) is 0 Å². The third-order valence-electron chi connectivity index (χ3n) is 15.7. The number of fused-ring (bicyclic) bond motifs is 10. The van der Waals surface area contributed by atoms with Crippen molar-refractivity contribution in [3.8, 4) is 0 Å². The van der Waals surface area contributed by atoms with Crippen molar-refractivity contribution in [2.75, 3.05) is 12.4 Å². The van der Waals surface area contributed by atoms with Gasteiger partial charge in [-0.05, 0) is 0 Å². The van der Waals surface area contributed by atoms with Gasteiger partial charge in [0.15, 0.2) is 0 Å². The van der Waals surface area contributed by atoms with E-state index in [2.05, 4.69) is 0 Å². The van der Waals surface area contributed by atoms with Gasteiger partial charge in [-0.25, -0.2) is 0 Å². The fourth-order valence-electron chi connectivity index (χ4n) is 17.5. The first kappa shape index (κ1) is 7.44. The molecule has 0 saturated carbocycles. The van der Waals surface area contributed by atoms with Gasteiger partial charge in [0, 0.05) is 0 Å². The van der Waals surface area contributed by atoms with E-state index >= 15 is 0 Å². The first-order valence-electron chi connectivity index (χ1n) is 7.40. The van der Waals surface area contributed by atoms with E-state index in [0.717, 1.165) is 9.63 Å². The van der Waals surface area contributed by atoms with Crippen LogP contribution in [-0.2, 0) is 20.8 Å². The molecule has 10 aliphatic heterocycles. The Balaban J connectivity index is 1.43. The van der Waals surface area contributed by atoms with Crippen molar-refractivity contribution in [1.29, 1.82) is 0 Å². The van der Waals surface area contributed by atoms with E-state index in [1.807, 2.05) is 0 Å². The molecule has 10 fully saturated rings.